The number of aromatic hydroxyl groups is 1. The summed E-state index contributed by atoms with van der Waals surface area (Å²) in [6.07, 6.45) is 0. The minimum absolute atomic E-state index is 0.0226. The van der Waals surface area contributed by atoms with Crippen LogP contribution < -0.4 is 36.5 Å². The number of anilines is 5. The third kappa shape index (κ3) is 7.10. The summed E-state index contributed by atoms with van der Waals surface area (Å²) >= 11 is 0. The molecule has 0 aromatic heterocycles. The number of ether oxygens (including phenoxy) is 2. The summed E-state index contributed by atoms with van der Waals surface area (Å²) in [6.45, 7) is 9.61. The van der Waals surface area contributed by atoms with E-state index in [1.165, 1.54) is 25.4 Å². The number of methoxy groups -OCH3 is 2. The molecule has 0 fully saturated rings. The van der Waals surface area contributed by atoms with Gasteiger partial charge in [-0.05, 0) is 66.8 Å². The zero-order chi connectivity index (χ0) is 32.9. The van der Waals surface area contributed by atoms with Crippen LogP contribution in [0.5, 0.6) is 17.2 Å². The minimum Gasteiger partial charge on any atom is -0.505 e. The molecule has 0 radical (unpaired) electrons. The van der Waals surface area contributed by atoms with Crippen LogP contribution in [-0.2, 0) is 14.8 Å². The summed E-state index contributed by atoms with van der Waals surface area (Å²) in [5.41, 5.74) is 16.7. The number of aryl methyl sites for hydroxylation is 2. The van der Waals surface area contributed by atoms with Crippen molar-refractivity contribution >= 4 is 55.1 Å². The number of carbonyl (C=O) groups excluding carboxylic acids is 1. The Labute approximate surface area is 263 Å². The summed E-state index contributed by atoms with van der Waals surface area (Å²) in [4.78, 5) is 12.1. The van der Waals surface area contributed by atoms with Crippen molar-refractivity contribution in [2.24, 2.45) is 0 Å². The maximum Gasteiger partial charge on any atom is 0.243 e. The van der Waals surface area contributed by atoms with Crippen molar-refractivity contribution in [3.8, 4) is 17.2 Å². The maximum atomic E-state index is 12.8. The molecule has 0 heterocycles. The summed E-state index contributed by atoms with van der Waals surface area (Å²) in [5.74, 6) is 0.664. The highest BCUT2D eigenvalue weighted by Gasteiger charge is 2.21. The van der Waals surface area contributed by atoms with Gasteiger partial charge in [-0.15, -0.1) is 0 Å². The van der Waals surface area contributed by atoms with Crippen molar-refractivity contribution in [2.45, 2.75) is 39.5 Å². The molecule has 4 rings (SSSR count). The van der Waals surface area contributed by atoms with Crippen molar-refractivity contribution in [3.05, 3.63) is 65.7 Å². The van der Waals surface area contributed by atoms with Crippen LogP contribution >= 0.6 is 0 Å². The van der Waals surface area contributed by atoms with Crippen LogP contribution in [0.25, 0.3) is 10.8 Å². The Bertz CT molecular complexity index is 1810. The number of benzene rings is 4. The number of phenolic OH excluding ortho intramolecular Hbond substituents is 1. The smallest absolute Gasteiger partial charge is 0.243 e. The van der Waals surface area contributed by atoms with Gasteiger partial charge in [-0.2, -0.15) is 4.31 Å². The first-order valence-corrected chi connectivity index (χ1v) is 15.8. The average molecular weight is 637 g/mol. The number of carbonyl (C=O) groups is 1. The lowest BCUT2D eigenvalue weighted by Gasteiger charge is -2.21. The number of hydrogen-bond acceptors (Lipinski definition) is 10. The zero-order valence-corrected chi connectivity index (χ0v) is 27.3. The van der Waals surface area contributed by atoms with E-state index in [0.717, 1.165) is 16.5 Å². The fourth-order valence-corrected chi connectivity index (χ4v) is 6.50. The standard InChI is InChI=1S/C32H40N6O6S/c1-8-38(9-2)45(41,42)24-12-10-23(11-13-24)34-35-25-17-29(44-7)26(18-28(25)43-6)36-37-31-20(4)16-22-14-19(3)15-27(33-21(5)39)30(22)32(31)40/h10-18,34-37,40H,8-9H2,1-7H3,(H,33,39). The van der Waals surface area contributed by atoms with Crippen molar-refractivity contribution in [1.82, 2.24) is 4.31 Å². The van der Waals surface area contributed by atoms with Gasteiger partial charge in [-0.1, -0.05) is 19.9 Å². The van der Waals surface area contributed by atoms with E-state index in [1.54, 1.807) is 50.2 Å². The lowest BCUT2D eigenvalue weighted by molar-refractivity contribution is -0.114. The quantitative estimate of drug-likeness (QED) is 0.0756. The molecular formula is C32H40N6O6S. The third-order valence-corrected chi connectivity index (χ3v) is 9.31. The van der Waals surface area contributed by atoms with Crippen LogP contribution in [0.2, 0.25) is 0 Å². The van der Waals surface area contributed by atoms with Crippen molar-refractivity contribution in [2.75, 3.05) is 54.3 Å². The molecular weight excluding hydrogens is 596 g/mol. The molecule has 0 aliphatic heterocycles. The molecule has 13 heteroatoms. The minimum atomic E-state index is -3.56. The van der Waals surface area contributed by atoms with E-state index in [2.05, 4.69) is 27.0 Å². The van der Waals surface area contributed by atoms with E-state index >= 15 is 0 Å². The summed E-state index contributed by atoms with van der Waals surface area (Å²) in [6, 6.07) is 15.6. The molecule has 0 aliphatic rings. The number of hydrazine groups is 2. The lowest BCUT2D eigenvalue weighted by atomic mass is 10.0. The van der Waals surface area contributed by atoms with Crippen molar-refractivity contribution in [3.63, 3.8) is 0 Å². The van der Waals surface area contributed by atoms with Gasteiger partial charge >= 0.3 is 0 Å². The molecule has 0 spiro atoms. The monoisotopic (exact) mass is 636 g/mol. The first-order valence-electron chi connectivity index (χ1n) is 14.4. The second-order valence-corrected chi connectivity index (χ2v) is 12.3. The highest BCUT2D eigenvalue weighted by molar-refractivity contribution is 7.89. The van der Waals surface area contributed by atoms with Gasteiger partial charge in [-0.3, -0.25) is 21.1 Å². The van der Waals surface area contributed by atoms with Crippen LogP contribution in [0.1, 0.15) is 31.9 Å². The average Bonchev–Trinajstić information content (AvgIpc) is 2.99. The van der Waals surface area contributed by atoms with Crippen LogP contribution in [0.3, 0.4) is 0 Å². The largest absolute Gasteiger partial charge is 0.505 e. The van der Waals surface area contributed by atoms with E-state index in [-0.39, 0.29) is 16.6 Å². The predicted octanol–water partition coefficient (Wildman–Crippen LogP) is 6.05. The topological polar surface area (TPSA) is 153 Å². The number of rotatable bonds is 13. The molecule has 6 N–H and O–H groups in total. The lowest BCUT2D eigenvalue weighted by Crippen LogP contribution is -2.30. The predicted molar refractivity (Wildman–Crippen MR) is 180 cm³/mol. The fraction of sp³-hybridized carbons (Fsp3) is 0.281. The number of hydrogen-bond donors (Lipinski definition) is 6. The van der Waals surface area contributed by atoms with E-state index in [9.17, 15) is 18.3 Å². The Morgan fingerprint density at radius 1 is 0.822 bits per heavy atom. The van der Waals surface area contributed by atoms with Crippen molar-refractivity contribution < 1.29 is 27.8 Å². The Hall–Kier alpha value is -4.88. The van der Waals surface area contributed by atoms with Crippen LogP contribution in [-0.4, -0.2) is 51.0 Å². The molecule has 0 bridgehead atoms. The Morgan fingerprint density at radius 2 is 1.40 bits per heavy atom. The first kappa shape index (κ1) is 33.0. The highest BCUT2D eigenvalue weighted by atomic mass is 32.2. The normalized spacial score (nSPS) is 11.3. The van der Waals surface area contributed by atoms with E-state index in [4.69, 9.17) is 9.47 Å². The van der Waals surface area contributed by atoms with Gasteiger partial charge in [0.1, 0.15) is 11.5 Å². The van der Waals surface area contributed by atoms with Crippen LogP contribution in [0.15, 0.2) is 59.5 Å². The second-order valence-electron chi connectivity index (χ2n) is 10.4. The van der Waals surface area contributed by atoms with E-state index in [0.29, 0.717) is 58.4 Å². The SMILES string of the molecule is CCN(CC)S(=O)(=O)c1ccc(NNc2cc(OC)c(NNc3c(C)cc4cc(C)cc(NC(C)=O)c4c3O)cc2OC)cc1. The molecule has 12 nitrogen and oxygen atoms in total. The van der Waals surface area contributed by atoms with Gasteiger partial charge in [0.2, 0.25) is 15.9 Å². The molecule has 0 atom stereocenters. The second kappa shape index (κ2) is 13.8. The Balaban J connectivity index is 1.56. The number of fused-ring (bicyclic) bond motifs is 1. The first-order chi connectivity index (χ1) is 21.4. The number of phenols is 1. The van der Waals surface area contributed by atoms with Gasteiger partial charge in [-0.25, -0.2) is 8.42 Å². The molecule has 1 amide bonds. The molecule has 0 unspecified atom stereocenters. The maximum absolute atomic E-state index is 12.8. The molecule has 240 valence electrons. The van der Waals surface area contributed by atoms with Crippen LogP contribution in [0.4, 0.5) is 28.4 Å². The van der Waals surface area contributed by atoms with Gasteiger partial charge in [0, 0.05) is 37.5 Å². The van der Waals surface area contributed by atoms with Gasteiger partial charge < -0.3 is 25.3 Å². The summed E-state index contributed by atoms with van der Waals surface area (Å²) in [5, 5.41) is 15.4. The number of amides is 1. The van der Waals surface area contributed by atoms with Gasteiger partial charge in [0.15, 0.2) is 5.75 Å². The fourth-order valence-electron chi connectivity index (χ4n) is 5.04. The van der Waals surface area contributed by atoms with Crippen LogP contribution in [0, 0.1) is 13.8 Å². The van der Waals surface area contributed by atoms with Gasteiger partial charge in [0.05, 0.1) is 47.6 Å². The Kier molecular flexibility index (Phi) is 10.1. The summed E-state index contributed by atoms with van der Waals surface area (Å²) < 4.78 is 38.2. The molecule has 4 aromatic rings. The van der Waals surface area contributed by atoms with Crippen molar-refractivity contribution in [1.29, 1.82) is 0 Å². The number of nitrogens with zero attached hydrogens (tertiary/aromatic N) is 1. The molecule has 0 saturated heterocycles. The molecule has 45 heavy (non-hydrogen) atoms. The number of sulfonamides is 1. The van der Waals surface area contributed by atoms with E-state index in [1.807, 2.05) is 32.0 Å². The molecule has 0 aliphatic carbocycles. The number of nitrogens with one attached hydrogen (secondary N) is 5. The Morgan fingerprint density at radius 3 is 1.93 bits per heavy atom. The zero-order valence-electron chi connectivity index (χ0n) is 26.5. The van der Waals surface area contributed by atoms with Gasteiger partial charge in [0.25, 0.3) is 0 Å². The summed E-state index contributed by atoms with van der Waals surface area (Å²) in [7, 11) is -0.500. The third-order valence-electron chi connectivity index (χ3n) is 7.25. The molecule has 0 saturated carbocycles. The van der Waals surface area contributed by atoms with E-state index < -0.39 is 10.0 Å². The molecule has 4 aromatic carbocycles. The highest BCUT2D eigenvalue weighted by Crippen LogP contribution is 2.42.